The molecule has 0 bridgehead atoms. The third kappa shape index (κ3) is 4.11. The summed E-state index contributed by atoms with van der Waals surface area (Å²) in [6.07, 6.45) is 0.0722. The Kier molecular flexibility index (Phi) is 4.62. The van der Waals surface area contributed by atoms with Crippen LogP contribution in [-0.2, 0) is 14.8 Å². The number of fused-ring (bicyclic) bond motifs is 1. The first-order chi connectivity index (χ1) is 10.2. The number of nitrogens with one attached hydrogen (secondary N) is 1. The molecule has 1 aliphatic rings. The van der Waals surface area contributed by atoms with Crippen molar-refractivity contribution in [2.45, 2.75) is 37.1 Å². The van der Waals surface area contributed by atoms with E-state index in [1.807, 2.05) is 0 Å². The Balaban J connectivity index is 2.17. The monoisotopic (exact) mass is 329 g/mol. The number of hydrogen-bond donors (Lipinski definition) is 2. The summed E-state index contributed by atoms with van der Waals surface area (Å²) in [6.45, 7) is 4.09. The first-order valence-electron chi connectivity index (χ1n) is 6.85. The van der Waals surface area contributed by atoms with E-state index in [0.717, 1.165) is 0 Å². The average Bonchev–Trinajstić information content (AvgIpc) is 2.44. The van der Waals surface area contributed by atoms with E-state index in [0.29, 0.717) is 24.7 Å². The molecular formula is C14H19NO6S. The molecule has 1 aromatic carbocycles. The molecule has 0 amide bonds. The Morgan fingerprint density at radius 1 is 1.27 bits per heavy atom. The van der Waals surface area contributed by atoms with Crippen molar-refractivity contribution in [2.75, 3.05) is 13.2 Å². The molecule has 1 aromatic rings. The highest BCUT2D eigenvalue weighted by Gasteiger charge is 2.28. The largest absolute Gasteiger partial charge is 0.486 e. The number of sulfonamides is 1. The highest BCUT2D eigenvalue weighted by molar-refractivity contribution is 7.89. The van der Waals surface area contributed by atoms with Gasteiger partial charge in [0.15, 0.2) is 11.5 Å². The minimum Gasteiger partial charge on any atom is -0.486 e. The van der Waals surface area contributed by atoms with Crippen molar-refractivity contribution in [1.82, 2.24) is 4.72 Å². The second-order valence-electron chi connectivity index (χ2n) is 5.69. The van der Waals surface area contributed by atoms with Crippen LogP contribution in [0.3, 0.4) is 0 Å². The second-order valence-corrected chi connectivity index (χ2v) is 7.37. The Morgan fingerprint density at radius 3 is 2.55 bits per heavy atom. The summed E-state index contributed by atoms with van der Waals surface area (Å²) < 4.78 is 38.1. The molecular weight excluding hydrogens is 310 g/mol. The zero-order valence-corrected chi connectivity index (χ0v) is 13.3. The summed E-state index contributed by atoms with van der Waals surface area (Å²) in [5, 5.41) is 8.72. The molecule has 0 atom stereocenters. The molecule has 0 fully saturated rings. The van der Waals surface area contributed by atoms with Crippen LogP contribution >= 0.6 is 0 Å². The van der Waals surface area contributed by atoms with E-state index in [1.54, 1.807) is 19.9 Å². The fourth-order valence-corrected chi connectivity index (χ4v) is 3.54. The van der Waals surface area contributed by atoms with Gasteiger partial charge in [0.1, 0.15) is 13.2 Å². The molecule has 122 valence electrons. The number of aliphatic carboxylic acids is 1. The van der Waals surface area contributed by atoms with Crippen LogP contribution in [0.25, 0.3) is 0 Å². The smallest absolute Gasteiger partial charge is 0.303 e. The fraction of sp³-hybridized carbons (Fsp3) is 0.500. The predicted molar refractivity (Wildman–Crippen MR) is 78.7 cm³/mol. The van der Waals surface area contributed by atoms with Crippen LogP contribution in [0.1, 0.15) is 26.7 Å². The molecule has 0 spiro atoms. The fourth-order valence-electron chi connectivity index (χ4n) is 2.08. The summed E-state index contributed by atoms with van der Waals surface area (Å²) in [5.41, 5.74) is -0.871. The van der Waals surface area contributed by atoms with Gasteiger partial charge in [-0.25, -0.2) is 13.1 Å². The normalized spacial score (nSPS) is 14.6. The Morgan fingerprint density at radius 2 is 1.91 bits per heavy atom. The SMILES string of the molecule is CC(C)(CCC(=O)O)NS(=O)(=O)c1ccc2c(c1)OCCO2. The van der Waals surface area contributed by atoms with E-state index >= 15 is 0 Å². The molecule has 2 rings (SSSR count). The lowest BCUT2D eigenvalue weighted by molar-refractivity contribution is -0.137. The summed E-state index contributed by atoms with van der Waals surface area (Å²) in [6, 6.07) is 4.39. The molecule has 0 saturated carbocycles. The van der Waals surface area contributed by atoms with Crippen molar-refractivity contribution in [3.63, 3.8) is 0 Å². The molecule has 2 N–H and O–H groups in total. The molecule has 1 heterocycles. The van der Waals surface area contributed by atoms with Gasteiger partial charge < -0.3 is 14.6 Å². The summed E-state index contributed by atoms with van der Waals surface area (Å²) in [7, 11) is -3.78. The number of rotatable bonds is 6. The minimum absolute atomic E-state index is 0.0557. The highest BCUT2D eigenvalue weighted by atomic mass is 32.2. The lowest BCUT2D eigenvalue weighted by Crippen LogP contribution is -2.43. The van der Waals surface area contributed by atoms with Crippen molar-refractivity contribution in [1.29, 1.82) is 0 Å². The molecule has 0 saturated heterocycles. The molecule has 0 aromatic heterocycles. The molecule has 7 nitrogen and oxygen atoms in total. The van der Waals surface area contributed by atoms with E-state index in [2.05, 4.69) is 4.72 Å². The van der Waals surface area contributed by atoms with Crippen LogP contribution in [0, 0.1) is 0 Å². The van der Waals surface area contributed by atoms with Crippen molar-refractivity contribution in [2.24, 2.45) is 0 Å². The van der Waals surface area contributed by atoms with Gasteiger partial charge in [-0.2, -0.15) is 0 Å². The van der Waals surface area contributed by atoms with E-state index in [1.165, 1.54) is 12.1 Å². The van der Waals surface area contributed by atoms with Gasteiger partial charge in [0, 0.05) is 18.0 Å². The lowest BCUT2D eigenvalue weighted by Gasteiger charge is -2.26. The van der Waals surface area contributed by atoms with Crippen LogP contribution in [-0.4, -0.2) is 38.2 Å². The number of carboxylic acids is 1. The van der Waals surface area contributed by atoms with Gasteiger partial charge in [-0.3, -0.25) is 4.79 Å². The molecule has 1 aliphatic heterocycles. The summed E-state index contributed by atoms with van der Waals surface area (Å²) in [5.74, 6) is -0.0700. The number of ether oxygens (including phenoxy) is 2. The average molecular weight is 329 g/mol. The van der Waals surface area contributed by atoms with E-state index in [9.17, 15) is 13.2 Å². The van der Waals surface area contributed by atoms with Crippen LogP contribution < -0.4 is 14.2 Å². The zero-order valence-electron chi connectivity index (χ0n) is 12.5. The number of carbonyl (C=O) groups is 1. The maximum Gasteiger partial charge on any atom is 0.303 e. The molecule has 8 heteroatoms. The topological polar surface area (TPSA) is 102 Å². The summed E-state index contributed by atoms with van der Waals surface area (Å²) in [4.78, 5) is 10.7. The van der Waals surface area contributed by atoms with Gasteiger partial charge in [-0.1, -0.05) is 0 Å². The third-order valence-corrected chi connectivity index (χ3v) is 4.89. The first-order valence-corrected chi connectivity index (χ1v) is 8.33. The van der Waals surface area contributed by atoms with Gasteiger partial charge >= 0.3 is 5.97 Å². The van der Waals surface area contributed by atoms with Gasteiger partial charge in [-0.15, -0.1) is 0 Å². The van der Waals surface area contributed by atoms with Crippen LogP contribution in [0.5, 0.6) is 11.5 Å². The van der Waals surface area contributed by atoms with Crippen LogP contribution in [0.2, 0.25) is 0 Å². The zero-order chi connectivity index (χ0) is 16.4. The molecule has 22 heavy (non-hydrogen) atoms. The first kappa shape index (κ1) is 16.6. The molecule has 0 aliphatic carbocycles. The minimum atomic E-state index is -3.78. The summed E-state index contributed by atoms with van der Waals surface area (Å²) >= 11 is 0. The van der Waals surface area contributed by atoms with Gasteiger partial charge in [0.25, 0.3) is 0 Å². The Bertz CT molecular complexity index is 668. The standard InChI is InChI=1S/C14H19NO6S/c1-14(2,6-5-13(16)17)15-22(18,19)10-3-4-11-12(9-10)21-8-7-20-11/h3-4,9,15H,5-8H2,1-2H3,(H,16,17). The highest BCUT2D eigenvalue weighted by Crippen LogP contribution is 2.32. The van der Waals surface area contributed by atoms with Crippen LogP contribution in [0.15, 0.2) is 23.1 Å². The Hall–Kier alpha value is -1.80. The second kappa shape index (κ2) is 6.13. The Labute approximate surface area is 129 Å². The van der Waals surface area contributed by atoms with E-state index in [-0.39, 0.29) is 17.7 Å². The number of carboxylic acid groups (broad SMARTS) is 1. The molecule has 0 unspecified atom stereocenters. The van der Waals surface area contributed by atoms with Crippen molar-refractivity contribution >= 4 is 16.0 Å². The molecule has 0 radical (unpaired) electrons. The lowest BCUT2D eigenvalue weighted by atomic mass is 10.0. The van der Waals surface area contributed by atoms with Crippen molar-refractivity contribution in [3.05, 3.63) is 18.2 Å². The van der Waals surface area contributed by atoms with Gasteiger partial charge in [-0.05, 0) is 32.4 Å². The number of benzene rings is 1. The van der Waals surface area contributed by atoms with E-state index < -0.39 is 21.5 Å². The van der Waals surface area contributed by atoms with E-state index in [4.69, 9.17) is 14.6 Å². The maximum absolute atomic E-state index is 12.4. The van der Waals surface area contributed by atoms with Crippen LogP contribution in [0.4, 0.5) is 0 Å². The van der Waals surface area contributed by atoms with Crippen molar-refractivity contribution < 1.29 is 27.8 Å². The van der Waals surface area contributed by atoms with Gasteiger partial charge in [0.2, 0.25) is 10.0 Å². The predicted octanol–water partition coefficient (Wildman–Crippen LogP) is 1.38. The van der Waals surface area contributed by atoms with Gasteiger partial charge in [0.05, 0.1) is 4.90 Å². The quantitative estimate of drug-likeness (QED) is 0.817. The third-order valence-electron chi connectivity index (χ3n) is 3.20. The van der Waals surface area contributed by atoms with Crippen molar-refractivity contribution in [3.8, 4) is 11.5 Å². The number of hydrogen-bond acceptors (Lipinski definition) is 5. The maximum atomic E-state index is 12.4.